The van der Waals surface area contributed by atoms with E-state index in [4.69, 9.17) is 9.52 Å². The van der Waals surface area contributed by atoms with E-state index in [9.17, 15) is 4.79 Å². The highest BCUT2D eigenvalue weighted by Gasteiger charge is 2.17. The van der Waals surface area contributed by atoms with Gasteiger partial charge in [0.05, 0.1) is 0 Å². The maximum atomic E-state index is 10.6. The molecular formula is C7H7BrO3. The van der Waals surface area contributed by atoms with Gasteiger partial charge in [-0.3, -0.25) is 0 Å². The molecule has 1 aromatic rings. The van der Waals surface area contributed by atoms with Crippen LogP contribution in [-0.4, -0.2) is 11.1 Å². The number of halogens is 1. The molecule has 0 amide bonds. The minimum Gasteiger partial charge on any atom is -0.478 e. The van der Waals surface area contributed by atoms with Gasteiger partial charge in [-0.1, -0.05) is 0 Å². The number of carboxylic acid groups (broad SMARTS) is 1. The van der Waals surface area contributed by atoms with Gasteiger partial charge >= 0.3 is 5.97 Å². The van der Waals surface area contributed by atoms with Crippen LogP contribution in [0, 0.1) is 13.8 Å². The molecular weight excluding hydrogens is 212 g/mol. The van der Waals surface area contributed by atoms with Gasteiger partial charge < -0.3 is 9.52 Å². The highest BCUT2D eigenvalue weighted by Crippen LogP contribution is 2.25. The van der Waals surface area contributed by atoms with Crippen molar-refractivity contribution in [3.8, 4) is 0 Å². The third-order valence-corrected chi connectivity index (χ3v) is 2.24. The van der Waals surface area contributed by atoms with Crippen LogP contribution in [0.25, 0.3) is 0 Å². The number of carbonyl (C=O) groups is 1. The van der Waals surface area contributed by atoms with Gasteiger partial charge in [0.25, 0.3) is 0 Å². The molecule has 4 heteroatoms. The van der Waals surface area contributed by atoms with Crippen molar-refractivity contribution in [2.24, 2.45) is 0 Å². The summed E-state index contributed by atoms with van der Waals surface area (Å²) in [7, 11) is 0. The zero-order valence-electron chi connectivity index (χ0n) is 6.14. The van der Waals surface area contributed by atoms with E-state index in [0.717, 1.165) is 0 Å². The summed E-state index contributed by atoms with van der Waals surface area (Å²) >= 11 is 3.11. The Hall–Kier alpha value is -0.770. The number of furan rings is 1. The fourth-order valence-electron chi connectivity index (χ4n) is 0.935. The smallest absolute Gasteiger partial charge is 0.339 e. The molecule has 60 valence electrons. The molecule has 0 saturated heterocycles. The van der Waals surface area contributed by atoms with E-state index >= 15 is 0 Å². The highest BCUT2D eigenvalue weighted by atomic mass is 79.9. The number of aryl methyl sites for hydroxylation is 1. The second kappa shape index (κ2) is 2.70. The Labute approximate surface area is 72.1 Å². The SMILES string of the molecule is Cc1oc(Br)c(C)c1C(=O)O. The van der Waals surface area contributed by atoms with E-state index in [0.29, 0.717) is 16.0 Å². The lowest BCUT2D eigenvalue weighted by atomic mass is 10.2. The first-order valence-corrected chi connectivity index (χ1v) is 3.82. The minimum absolute atomic E-state index is 0.247. The zero-order valence-corrected chi connectivity index (χ0v) is 7.73. The van der Waals surface area contributed by atoms with Crippen LogP contribution in [0.4, 0.5) is 0 Å². The summed E-state index contributed by atoms with van der Waals surface area (Å²) in [6, 6.07) is 0. The maximum Gasteiger partial charge on any atom is 0.339 e. The second-order valence-corrected chi connectivity index (χ2v) is 2.96. The molecule has 11 heavy (non-hydrogen) atoms. The Morgan fingerprint density at radius 3 is 2.27 bits per heavy atom. The fraction of sp³-hybridized carbons (Fsp3) is 0.286. The molecule has 0 bridgehead atoms. The van der Waals surface area contributed by atoms with Gasteiger partial charge in [0.15, 0.2) is 4.67 Å². The van der Waals surface area contributed by atoms with E-state index in [2.05, 4.69) is 15.9 Å². The first kappa shape index (κ1) is 8.33. The van der Waals surface area contributed by atoms with Crippen LogP contribution in [0.1, 0.15) is 21.7 Å². The Morgan fingerprint density at radius 2 is 2.09 bits per heavy atom. The average molecular weight is 219 g/mol. The summed E-state index contributed by atoms with van der Waals surface area (Å²) < 4.78 is 5.54. The Morgan fingerprint density at radius 1 is 1.55 bits per heavy atom. The van der Waals surface area contributed by atoms with Crippen molar-refractivity contribution < 1.29 is 14.3 Å². The van der Waals surface area contributed by atoms with Crippen molar-refractivity contribution in [3.63, 3.8) is 0 Å². The minimum atomic E-state index is -0.950. The van der Waals surface area contributed by atoms with Crippen molar-refractivity contribution in [1.82, 2.24) is 0 Å². The largest absolute Gasteiger partial charge is 0.478 e. The third-order valence-electron chi connectivity index (χ3n) is 1.48. The lowest BCUT2D eigenvalue weighted by Gasteiger charge is -1.89. The number of carboxylic acids is 1. The molecule has 0 atom stereocenters. The first-order valence-electron chi connectivity index (χ1n) is 3.02. The van der Waals surface area contributed by atoms with Gasteiger partial charge in [-0.25, -0.2) is 4.79 Å². The molecule has 0 aliphatic heterocycles. The fourth-order valence-corrected chi connectivity index (χ4v) is 1.38. The number of hydrogen-bond acceptors (Lipinski definition) is 2. The van der Waals surface area contributed by atoms with Crippen LogP contribution >= 0.6 is 15.9 Å². The van der Waals surface area contributed by atoms with Crippen molar-refractivity contribution in [1.29, 1.82) is 0 Å². The summed E-state index contributed by atoms with van der Waals surface area (Å²) in [4.78, 5) is 10.6. The van der Waals surface area contributed by atoms with Gasteiger partial charge in [0.2, 0.25) is 0 Å². The van der Waals surface area contributed by atoms with Crippen LogP contribution in [0.2, 0.25) is 0 Å². The zero-order chi connectivity index (χ0) is 8.59. The van der Waals surface area contributed by atoms with E-state index in [1.54, 1.807) is 13.8 Å². The predicted octanol–water partition coefficient (Wildman–Crippen LogP) is 2.36. The van der Waals surface area contributed by atoms with Gasteiger partial charge in [-0.05, 0) is 29.8 Å². The summed E-state index contributed by atoms with van der Waals surface area (Å²) in [6.07, 6.45) is 0. The van der Waals surface area contributed by atoms with Crippen molar-refractivity contribution >= 4 is 21.9 Å². The molecule has 0 fully saturated rings. The first-order chi connectivity index (χ1) is 5.04. The van der Waals surface area contributed by atoms with Crippen LogP contribution < -0.4 is 0 Å². The third kappa shape index (κ3) is 1.30. The van der Waals surface area contributed by atoms with Gasteiger partial charge in [-0.15, -0.1) is 0 Å². The van der Waals surface area contributed by atoms with E-state index < -0.39 is 5.97 Å². The Kier molecular flexibility index (Phi) is 2.04. The molecule has 1 heterocycles. The summed E-state index contributed by atoms with van der Waals surface area (Å²) in [6.45, 7) is 3.32. The Bertz CT molecular complexity index is 301. The second-order valence-electron chi connectivity index (χ2n) is 2.24. The monoisotopic (exact) mass is 218 g/mol. The highest BCUT2D eigenvalue weighted by molar-refractivity contribution is 9.10. The van der Waals surface area contributed by atoms with Gasteiger partial charge in [-0.2, -0.15) is 0 Å². The van der Waals surface area contributed by atoms with E-state index in [-0.39, 0.29) is 5.56 Å². The molecule has 0 saturated carbocycles. The molecule has 0 spiro atoms. The normalized spacial score (nSPS) is 10.1. The standard InChI is InChI=1S/C7H7BrO3/c1-3-5(7(9)10)4(2)11-6(3)8/h1-2H3,(H,9,10). The number of hydrogen-bond donors (Lipinski definition) is 1. The maximum absolute atomic E-state index is 10.6. The van der Waals surface area contributed by atoms with E-state index in [1.165, 1.54) is 0 Å². The molecule has 0 radical (unpaired) electrons. The van der Waals surface area contributed by atoms with Crippen LogP contribution in [0.5, 0.6) is 0 Å². The molecule has 1 aromatic heterocycles. The van der Waals surface area contributed by atoms with Crippen LogP contribution in [-0.2, 0) is 0 Å². The van der Waals surface area contributed by atoms with Gasteiger partial charge in [0.1, 0.15) is 11.3 Å². The quantitative estimate of drug-likeness (QED) is 0.788. The van der Waals surface area contributed by atoms with Crippen molar-refractivity contribution in [3.05, 3.63) is 21.6 Å². The molecule has 0 aliphatic rings. The lowest BCUT2D eigenvalue weighted by Crippen LogP contribution is -1.98. The van der Waals surface area contributed by atoms with Crippen LogP contribution in [0.15, 0.2) is 9.09 Å². The van der Waals surface area contributed by atoms with Crippen LogP contribution in [0.3, 0.4) is 0 Å². The number of rotatable bonds is 1. The summed E-state index contributed by atoms with van der Waals surface area (Å²) in [5, 5.41) is 8.68. The van der Waals surface area contributed by atoms with Gasteiger partial charge in [0, 0.05) is 5.56 Å². The Balaban J connectivity index is 3.34. The molecule has 0 aromatic carbocycles. The van der Waals surface area contributed by atoms with Crippen molar-refractivity contribution in [2.45, 2.75) is 13.8 Å². The summed E-state index contributed by atoms with van der Waals surface area (Å²) in [5.41, 5.74) is 0.881. The molecule has 0 aliphatic carbocycles. The molecule has 3 nitrogen and oxygen atoms in total. The molecule has 1 rings (SSSR count). The lowest BCUT2D eigenvalue weighted by molar-refractivity contribution is 0.0694. The number of aromatic carboxylic acids is 1. The average Bonchev–Trinajstić information content (AvgIpc) is 2.07. The molecule has 0 unspecified atom stereocenters. The molecule has 1 N–H and O–H groups in total. The topological polar surface area (TPSA) is 50.4 Å². The van der Waals surface area contributed by atoms with E-state index in [1.807, 2.05) is 0 Å². The van der Waals surface area contributed by atoms with Crippen molar-refractivity contribution in [2.75, 3.05) is 0 Å². The summed E-state index contributed by atoms with van der Waals surface area (Å²) in [5.74, 6) is -0.517. The predicted molar refractivity (Wildman–Crippen MR) is 42.8 cm³/mol.